The molecule has 0 aromatic carbocycles. The van der Waals surface area contributed by atoms with Crippen molar-refractivity contribution in [1.29, 1.82) is 0 Å². The average molecular weight is 252 g/mol. The molecule has 0 bridgehead atoms. The Morgan fingerprint density at radius 3 is 2.33 bits per heavy atom. The zero-order valence-electron chi connectivity index (χ0n) is 11.9. The molecule has 18 heavy (non-hydrogen) atoms. The van der Waals surface area contributed by atoms with Crippen LogP contribution in [0.3, 0.4) is 0 Å². The number of halogens is 1. The number of aromatic nitrogens is 2. The first kappa shape index (κ1) is 14.6. The number of hydrogen-bond acceptors (Lipinski definition) is 2. The van der Waals surface area contributed by atoms with E-state index < -0.39 is 5.83 Å². The van der Waals surface area contributed by atoms with Gasteiger partial charge in [0.25, 0.3) is 0 Å². The van der Waals surface area contributed by atoms with Crippen molar-refractivity contribution in [1.82, 2.24) is 9.78 Å². The molecule has 1 aromatic heterocycles. The molecule has 1 rings (SSSR count). The molecule has 0 radical (unpaired) electrons. The van der Waals surface area contributed by atoms with Gasteiger partial charge in [0.1, 0.15) is 0 Å². The van der Waals surface area contributed by atoms with Crippen LogP contribution in [0.2, 0.25) is 0 Å². The van der Waals surface area contributed by atoms with Gasteiger partial charge < -0.3 is 0 Å². The summed E-state index contributed by atoms with van der Waals surface area (Å²) in [5.41, 5.74) is 1.68. The van der Waals surface area contributed by atoms with Crippen LogP contribution in [0.4, 0.5) is 4.39 Å². The Labute approximate surface area is 108 Å². The molecule has 0 aliphatic heterocycles. The van der Waals surface area contributed by atoms with Gasteiger partial charge in [0.2, 0.25) is 0 Å². The summed E-state index contributed by atoms with van der Waals surface area (Å²) in [5, 5.41) is 4.43. The fourth-order valence-electron chi connectivity index (χ4n) is 1.74. The molecule has 0 amide bonds. The van der Waals surface area contributed by atoms with Crippen molar-refractivity contribution in [2.24, 2.45) is 0 Å². The fourth-order valence-corrected chi connectivity index (χ4v) is 1.74. The lowest BCUT2D eigenvalue weighted by atomic mass is 10.0. The maximum atomic E-state index is 13.3. The molecule has 0 N–H and O–H groups in total. The van der Waals surface area contributed by atoms with E-state index in [1.807, 2.05) is 31.5 Å². The molecule has 1 heterocycles. The summed E-state index contributed by atoms with van der Waals surface area (Å²) in [7, 11) is 0. The molecule has 3 nitrogen and oxygen atoms in total. The normalized spacial score (nSPS) is 13.8. The first-order chi connectivity index (χ1) is 8.18. The minimum absolute atomic E-state index is 0.171. The lowest BCUT2D eigenvalue weighted by molar-refractivity contribution is -0.106. The third kappa shape index (κ3) is 2.86. The maximum absolute atomic E-state index is 13.3. The van der Waals surface area contributed by atoms with Crippen molar-refractivity contribution >= 4 is 11.9 Å². The lowest BCUT2D eigenvalue weighted by Gasteiger charge is -2.23. The topological polar surface area (TPSA) is 34.9 Å². The summed E-state index contributed by atoms with van der Waals surface area (Å²) in [4.78, 5) is 10.5. The Balaban J connectivity index is 3.40. The minimum Gasteiger partial charge on any atom is -0.295 e. The fraction of sp³-hybridized carbons (Fsp3) is 0.571. The van der Waals surface area contributed by atoms with E-state index in [2.05, 4.69) is 18.9 Å². The van der Waals surface area contributed by atoms with Crippen LogP contribution >= 0.6 is 0 Å². The highest BCUT2D eigenvalue weighted by Crippen LogP contribution is 2.27. The van der Waals surface area contributed by atoms with Crippen LogP contribution in [0.1, 0.15) is 58.8 Å². The van der Waals surface area contributed by atoms with Crippen LogP contribution < -0.4 is 0 Å². The van der Waals surface area contributed by atoms with Crippen LogP contribution in [0, 0.1) is 0 Å². The van der Waals surface area contributed by atoms with E-state index >= 15 is 0 Å². The van der Waals surface area contributed by atoms with Gasteiger partial charge in [-0.3, -0.25) is 9.48 Å². The molecule has 0 aliphatic rings. The average Bonchev–Trinajstić information content (AvgIpc) is 2.71. The van der Waals surface area contributed by atoms with Gasteiger partial charge in [-0.05, 0) is 39.7 Å². The molecule has 0 aliphatic carbocycles. The number of allylic oxidation sites excluding steroid dienone is 2. The van der Waals surface area contributed by atoms with Crippen LogP contribution in [0.5, 0.6) is 0 Å². The van der Waals surface area contributed by atoms with E-state index in [4.69, 9.17) is 0 Å². The number of carbonyl (C=O) groups excluding carboxylic acids is 1. The second-order valence-electron chi connectivity index (χ2n) is 5.78. The summed E-state index contributed by atoms with van der Waals surface area (Å²) in [6.45, 7) is 11.8. The summed E-state index contributed by atoms with van der Waals surface area (Å²) in [6.07, 6.45) is 0.223. The Hall–Kier alpha value is -1.45. The predicted octanol–water partition coefficient (Wildman–Crippen LogP) is 3.66. The SMILES string of the molecule is CC(=C(F)C=O)c1cc(C(C)C)n(C(C)(C)C)n1. The summed E-state index contributed by atoms with van der Waals surface area (Å²) < 4.78 is 15.2. The van der Waals surface area contributed by atoms with Crippen molar-refractivity contribution in [2.45, 2.75) is 53.0 Å². The van der Waals surface area contributed by atoms with E-state index in [1.54, 1.807) is 6.92 Å². The molecular formula is C14H21FN2O. The highest BCUT2D eigenvalue weighted by molar-refractivity contribution is 5.83. The van der Waals surface area contributed by atoms with Gasteiger partial charge in [-0.2, -0.15) is 5.10 Å². The number of rotatable bonds is 3. The number of carbonyl (C=O) groups is 1. The van der Waals surface area contributed by atoms with E-state index in [1.165, 1.54) is 0 Å². The Bertz CT molecular complexity index is 478. The molecule has 0 fully saturated rings. The Kier molecular flexibility index (Phi) is 4.09. The third-order valence-electron chi connectivity index (χ3n) is 2.81. The van der Waals surface area contributed by atoms with Crippen LogP contribution in [0.25, 0.3) is 5.57 Å². The van der Waals surface area contributed by atoms with Crippen molar-refractivity contribution < 1.29 is 9.18 Å². The van der Waals surface area contributed by atoms with Gasteiger partial charge >= 0.3 is 0 Å². The molecule has 0 atom stereocenters. The van der Waals surface area contributed by atoms with E-state index in [9.17, 15) is 9.18 Å². The Morgan fingerprint density at radius 1 is 1.44 bits per heavy atom. The van der Waals surface area contributed by atoms with E-state index in [0.717, 1.165) is 5.69 Å². The lowest BCUT2D eigenvalue weighted by Crippen LogP contribution is -2.25. The highest BCUT2D eigenvalue weighted by atomic mass is 19.1. The zero-order valence-corrected chi connectivity index (χ0v) is 11.9. The molecule has 4 heteroatoms. The predicted molar refractivity (Wildman–Crippen MR) is 71.1 cm³/mol. The second kappa shape index (κ2) is 5.04. The van der Waals surface area contributed by atoms with Gasteiger partial charge in [-0.15, -0.1) is 0 Å². The number of nitrogens with zero attached hydrogens (tertiary/aromatic N) is 2. The minimum atomic E-state index is -0.760. The van der Waals surface area contributed by atoms with Gasteiger partial charge in [0, 0.05) is 11.3 Å². The third-order valence-corrected chi connectivity index (χ3v) is 2.81. The highest BCUT2D eigenvalue weighted by Gasteiger charge is 2.22. The van der Waals surface area contributed by atoms with Crippen molar-refractivity contribution in [3.63, 3.8) is 0 Å². The van der Waals surface area contributed by atoms with Crippen LogP contribution in [0.15, 0.2) is 11.9 Å². The molecule has 0 saturated carbocycles. The van der Waals surface area contributed by atoms with Crippen LogP contribution in [-0.2, 0) is 10.3 Å². The van der Waals surface area contributed by atoms with Crippen molar-refractivity contribution in [3.8, 4) is 0 Å². The quantitative estimate of drug-likeness (QED) is 0.608. The van der Waals surface area contributed by atoms with Crippen LogP contribution in [-0.4, -0.2) is 16.1 Å². The van der Waals surface area contributed by atoms with E-state index in [-0.39, 0.29) is 23.3 Å². The first-order valence-corrected chi connectivity index (χ1v) is 6.10. The Morgan fingerprint density at radius 2 is 2.00 bits per heavy atom. The second-order valence-corrected chi connectivity index (χ2v) is 5.78. The largest absolute Gasteiger partial charge is 0.295 e. The molecule has 0 spiro atoms. The molecule has 0 saturated heterocycles. The summed E-state index contributed by atoms with van der Waals surface area (Å²) >= 11 is 0. The van der Waals surface area contributed by atoms with Crippen molar-refractivity contribution in [2.75, 3.05) is 0 Å². The number of hydrogen-bond donors (Lipinski definition) is 0. The van der Waals surface area contributed by atoms with Gasteiger partial charge in [-0.1, -0.05) is 13.8 Å². The standard InChI is InChI=1S/C14H21FN2O/c1-9(2)13-7-12(10(3)11(15)8-18)16-17(13)14(4,5)6/h7-9H,1-6H3. The molecule has 0 unspecified atom stereocenters. The van der Waals surface area contributed by atoms with Gasteiger partial charge in [0.15, 0.2) is 12.1 Å². The molecule has 1 aromatic rings. The van der Waals surface area contributed by atoms with E-state index in [0.29, 0.717) is 5.69 Å². The zero-order chi connectivity index (χ0) is 14.1. The summed E-state index contributed by atoms with van der Waals surface area (Å²) in [6, 6.07) is 1.86. The van der Waals surface area contributed by atoms with Crippen molar-refractivity contribution in [3.05, 3.63) is 23.3 Å². The number of aldehydes is 1. The first-order valence-electron chi connectivity index (χ1n) is 6.10. The van der Waals surface area contributed by atoms with Gasteiger partial charge in [0.05, 0.1) is 11.2 Å². The monoisotopic (exact) mass is 252 g/mol. The molecular weight excluding hydrogens is 231 g/mol. The summed E-state index contributed by atoms with van der Waals surface area (Å²) in [5.74, 6) is -0.471. The molecule has 100 valence electrons. The smallest absolute Gasteiger partial charge is 0.178 e. The maximum Gasteiger partial charge on any atom is 0.178 e. The van der Waals surface area contributed by atoms with Gasteiger partial charge in [-0.25, -0.2) is 4.39 Å².